The molecule has 0 aliphatic heterocycles. The summed E-state index contributed by atoms with van der Waals surface area (Å²) < 4.78 is 7.50. The van der Waals surface area contributed by atoms with Crippen LogP contribution in [-0.2, 0) is 7.05 Å². The van der Waals surface area contributed by atoms with E-state index in [2.05, 4.69) is 17.0 Å². The highest BCUT2D eigenvalue weighted by atomic mass is 16.5. The Balaban J connectivity index is 2.61. The van der Waals surface area contributed by atoms with E-state index in [0.717, 1.165) is 29.3 Å². The monoisotopic (exact) mass is 209 g/mol. The van der Waals surface area contributed by atoms with Crippen molar-refractivity contribution in [1.82, 2.24) is 15.1 Å². The fourth-order valence-electron chi connectivity index (χ4n) is 1.44. The second-order valence-electron chi connectivity index (χ2n) is 3.69. The zero-order chi connectivity index (χ0) is 11.4. The Morgan fingerprint density at radius 1 is 1.53 bits per heavy atom. The molecule has 1 aromatic rings. The second kappa shape index (κ2) is 4.98. The van der Waals surface area contributed by atoms with Crippen LogP contribution in [0.4, 0.5) is 0 Å². The lowest BCUT2D eigenvalue weighted by Gasteiger charge is -2.08. The number of aromatic nitrogens is 2. The molecule has 1 heterocycles. The highest BCUT2D eigenvalue weighted by Crippen LogP contribution is 2.21. The van der Waals surface area contributed by atoms with E-state index in [1.165, 1.54) is 0 Å². The molecule has 0 saturated heterocycles. The number of likely N-dealkylation sites (N-methyl/N-ethyl adjacent to an activating group) is 1. The highest BCUT2D eigenvalue weighted by Gasteiger charge is 2.10. The Bertz CT molecular complexity index is 355. The third-order valence-electron chi connectivity index (χ3n) is 2.29. The van der Waals surface area contributed by atoms with Crippen LogP contribution in [0.15, 0.2) is 12.2 Å². The van der Waals surface area contributed by atoms with Gasteiger partial charge >= 0.3 is 0 Å². The first kappa shape index (κ1) is 11.8. The van der Waals surface area contributed by atoms with Crippen molar-refractivity contribution in [3.05, 3.63) is 23.5 Å². The van der Waals surface area contributed by atoms with E-state index in [-0.39, 0.29) is 0 Å². The van der Waals surface area contributed by atoms with Gasteiger partial charge in [0.05, 0.1) is 5.69 Å². The molecule has 0 amide bonds. The Hall–Kier alpha value is -1.29. The topological polar surface area (TPSA) is 39.1 Å². The fourth-order valence-corrected chi connectivity index (χ4v) is 1.44. The number of ether oxygens (including phenoxy) is 1. The molecule has 0 bridgehead atoms. The van der Waals surface area contributed by atoms with Gasteiger partial charge in [0.25, 0.3) is 0 Å². The van der Waals surface area contributed by atoms with Crippen molar-refractivity contribution in [1.29, 1.82) is 0 Å². The van der Waals surface area contributed by atoms with Gasteiger partial charge in [0.2, 0.25) is 0 Å². The van der Waals surface area contributed by atoms with Crippen LogP contribution in [0.1, 0.15) is 11.4 Å². The van der Waals surface area contributed by atoms with E-state index < -0.39 is 0 Å². The average Bonchev–Trinajstić information content (AvgIpc) is 2.40. The number of nitrogens with one attached hydrogen (secondary N) is 1. The summed E-state index contributed by atoms with van der Waals surface area (Å²) in [4.78, 5) is 0. The first-order valence-electron chi connectivity index (χ1n) is 5.00. The zero-order valence-corrected chi connectivity index (χ0v) is 9.92. The molecular formula is C11H19N3O. The second-order valence-corrected chi connectivity index (χ2v) is 3.69. The van der Waals surface area contributed by atoms with E-state index >= 15 is 0 Å². The summed E-state index contributed by atoms with van der Waals surface area (Å²) in [6.07, 6.45) is 0. The molecule has 84 valence electrons. The van der Waals surface area contributed by atoms with Crippen LogP contribution >= 0.6 is 0 Å². The molecule has 4 heteroatoms. The van der Waals surface area contributed by atoms with Gasteiger partial charge in [-0.2, -0.15) is 5.10 Å². The van der Waals surface area contributed by atoms with E-state index in [0.29, 0.717) is 6.61 Å². The van der Waals surface area contributed by atoms with Gasteiger partial charge in [0, 0.05) is 13.6 Å². The minimum atomic E-state index is 0.536. The van der Waals surface area contributed by atoms with Crippen LogP contribution in [-0.4, -0.2) is 30.0 Å². The normalized spacial score (nSPS) is 10.4. The number of aryl methyl sites for hydroxylation is 2. The van der Waals surface area contributed by atoms with Gasteiger partial charge in [0.1, 0.15) is 12.3 Å². The molecule has 0 radical (unpaired) electrons. The van der Waals surface area contributed by atoms with Crippen LogP contribution in [0, 0.1) is 13.8 Å². The Kier molecular flexibility index (Phi) is 3.91. The van der Waals surface area contributed by atoms with Gasteiger partial charge in [0.15, 0.2) is 5.75 Å². The predicted octanol–water partition coefficient (Wildman–Crippen LogP) is 1.19. The largest absolute Gasteiger partial charge is 0.485 e. The molecule has 0 aromatic carbocycles. The SMILES string of the molecule is C=C(CNC)COc1c(C)nn(C)c1C. The van der Waals surface area contributed by atoms with E-state index in [1.807, 2.05) is 32.6 Å². The Morgan fingerprint density at radius 3 is 2.67 bits per heavy atom. The minimum absolute atomic E-state index is 0.536. The van der Waals surface area contributed by atoms with Crippen LogP contribution in [0.25, 0.3) is 0 Å². The summed E-state index contributed by atoms with van der Waals surface area (Å²) in [6.45, 7) is 9.17. The molecule has 0 spiro atoms. The maximum Gasteiger partial charge on any atom is 0.163 e. The molecule has 1 aromatic heterocycles. The van der Waals surface area contributed by atoms with Crippen LogP contribution in [0.5, 0.6) is 5.75 Å². The summed E-state index contributed by atoms with van der Waals surface area (Å²) in [6, 6.07) is 0. The number of nitrogens with zero attached hydrogens (tertiary/aromatic N) is 2. The maximum atomic E-state index is 5.68. The molecular weight excluding hydrogens is 190 g/mol. The average molecular weight is 209 g/mol. The summed E-state index contributed by atoms with van der Waals surface area (Å²) in [7, 11) is 3.81. The lowest BCUT2D eigenvalue weighted by molar-refractivity contribution is 0.344. The smallest absolute Gasteiger partial charge is 0.163 e. The molecule has 0 aliphatic rings. The van der Waals surface area contributed by atoms with E-state index in [4.69, 9.17) is 4.74 Å². The quantitative estimate of drug-likeness (QED) is 0.740. The molecule has 0 unspecified atom stereocenters. The van der Waals surface area contributed by atoms with E-state index in [1.54, 1.807) is 0 Å². The zero-order valence-electron chi connectivity index (χ0n) is 9.92. The number of rotatable bonds is 5. The van der Waals surface area contributed by atoms with Crippen molar-refractivity contribution in [3.8, 4) is 5.75 Å². The van der Waals surface area contributed by atoms with Gasteiger partial charge in [-0.1, -0.05) is 6.58 Å². The number of hydrogen-bond acceptors (Lipinski definition) is 3. The van der Waals surface area contributed by atoms with Crippen molar-refractivity contribution >= 4 is 0 Å². The summed E-state index contributed by atoms with van der Waals surface area (Å²) >= 11 is 0. The maximum absolute atomic E-state index is 5.68. The van der Waals surface area contributed by atoms with Gasteiger partial charge < -0.3 is 10.1 Å². The van der Waals surface area contributed by atoms with Crippen molar-refractivity contribution in [2.75, 3.05) is 20.2 Å². The third-order valence-corrected chi connectivity index (χ3v) is 2.29. The Labute approximate surface area is 90.9 Å². The standard InChI is InChI=1S/C11H19N3O/c1-8(6-12-4)7-15-11-9(2)13-14(5)10(11)3/h12H,1,6-7H2,2-5H3. The van der Waals surface area contributed by atoms with Crippen LogP contribution in [0.2, 0.25) is 0 Å². The molecule has 0 saturated carbocycles. The van der Waals surface area contributed by atoms with Crippen molar-refractivity contribution < 1.29 is 4.74 Å². The number of hydrogen-bond donors (Lipinski definition) is 1. The third kappa shape index (κ3) is 2.83. The van der Waals surface area contributed by atoms with Crippen molar-refractivity contribution in [3.63, 3.8) is 0 Å². The molecule has 0 atom stereocenters. The molecule has 1 rings (SSSR count). The molecule has 0 fully saturated rings. The van der Waals surface area contributed by atoms with Crippen LogP contribution < -0.4 is 10.1 Å². The van der Waals surface area contributed by atoms with E-state index in [9.17, 15) is 0 Å². The molecule has 0 aliphatic carbocycles. The van der Waals surface area contributed by atoms with Gasteiger partial charge in [-0.05, 0) is 26.5 Å². The highest BCUT2D eigenvalue weighted by molar-refractivity contribution is 5.32. The summed E-state index contributed by atoms with van der Waals surface area (Å²) in [5.74, 6) is 0.870. The molecule has 1 N–H and O–H groups in total. The summed E-state index contributed by atoms with van der Waals surface area (Å²) in [5, 5.41) is 7.32. The lowest BCUT2D eigenvalue weighted by Crippen LogP contribution is -2.14. The van der Waals surface area contributed by atoms with Crippen LogP contribution in [0.3, 0.4) is 0 Å². The minimum Gasteiger partial charge on any atom is -0.485 e. The van der Waals surface area contributed by atoms with Crippen molar-refractivity contribution in [2.24, 2.45) is 7.05 Å². The molecule has 15 heavy (non-hydrogen) atoms. The van der Waals surface area contributed by atoms with Gasteiger partial charge in [-0.3, -0.25) is 4.68 Å². The lowest BCUT2D eigenvalue weighted by atomic mass is 10.3. The first-order chi connectivity index (χ1) is 7.06. The van der Waals surface area contributed by atoms with Gasteiger partial charge in [-0.25, -0.2) is 0 Å². The first-order valence-corrected chi connectivity index (χ1v) is 5.00. The predicted molar refractivity (Wildman–Crippen MR) is 61.2 cm³/mol. The fraction of sp³-hybridized carbons (Fsp3) is 0.545. The molecule has 4 nitrogen and oxygen atoms in total. The van der Waals surface area contributed by atoms with Gasteiger partial charge in [-0.15, -0.1) is 0 Å². The Morgan fingerprint density at radius 2 is 2.20 bits per heavy atom. The van der Waals surface area contributed by atoms with Crippen molar-refractivity contribution in [2.45, 2.75) is 13.8 Å². The summed E-state index contributed by atoms with van der Waals surface area (Å²) in [5.41, 5.74) is 3.00.